The molecule has 0 saturated carbocycles. The lowest BCUT2D eigenvalue weighted by molar-refractivity contribution is -0.126. The minimum atomic E-state index is -0.424. The standard InChI is InChI=1S/C13H19NO4/c1-16-11-7-5-4-6-10(11)8-12(15)14-9-13(17-2)18-3/h4-7,13H,8-9H2,1-3H3,(H,14,15). The van der Waals surface area contributed by atoms with Crippen LogP contribution in [0.5, 0.6) is 5.75 Å². The summed E-state index contributed by atoms with van der Waals surface area (Å²) in [5.41, 5.74) is 0.851. The molecule has 0 unspecified atom stereocenters. The first-order valence-corrected chi connectivity index (χ1v) is 5.65. The molecule has 1 amide bonds. The van der Waals surface area contributed by atoms with Gasteiger partial charge in [-0.25, -0.2) is 0 Å². The van der Waals surface area contributed by atoms with Crippen LogP contribution in [0, 0.1) is 0 Å². The van der Waals surface area contributed by atoms with Gasteiger partial charge in [-0.2, -0.15) is 0 Å². The van der Waals surface area contributed by atoms with Crippen LogP contribution in [-0.2, 0) is 20.7 Å². The number of rotatable bonds is 7. The predicted molar refractivity (Wildman–Crippen MR) is 67.5 cm³/mol. The zero-order chi connectivity index (χ0) is 13.4. The van der Waals surface area contributed by atoms with Crippen molar-refractivity contribution in [1.82, 2.24) is 5.32 Å². The molecule has 0 aromatic heterocycles. The molecule has 5 nitrogen and oxygen atoms in total. The van der Waals surface area contributed by atoms with E-state index < -0.39 is 6.29 Å². The van der Waals surface area contributed by atoms with E-state index in [-0.39, 0.29) is 12.3 Å². The molecular weight excluding hydrogens is 234 g/mol. The van der Waals surface area contributed by atoms with Crippen molar-refractivity contribution >= 4 is 5.91 Å². The fourth-order valence-corrected chi connectivity index (χ4v) is 1.54. The number of carbonyl (C=O) groups excluding carboxylic acids is 1. The van der Waals surface area contributed by atoms with E-state index in [0.29, 0.717) is 12.3 Å². The van der Waals surface area contributed by atoms with Crippen molar-refractivity contribution in [2.45, 2.75) is 12.7 Å². The topological polar surface area (TPSA) is 56.8 Å². The minimum absolute atomic E-state index is 0.0985. The Bertz CT molecular complexity index is 377. The Morgan fingerprint density at radius 3 is 2.50 bits per heavy atom. The van der Waals surface area contributed by atoms with Crippen LogP contribution < -0.4 is 10.1 Å². The van der Waals surface area contributed by atoms with Crippen molar-refractivity contribution in [2.75, 3.05) is 27.9 Å². The molecule has 0 heterocycles. The number of benzene rings is 1. The fourth-order valence-electron chi connectivity index (χ4n) is 1.54. The summed E-state index contributed by atoms with van der Waals surface area (Å²) in [5.74, 6) is 0.612. The second kappa shape index (κ2) is 7.68. The lowest BCUT2D eigenvalue weighted by Gasteiger charge is -2.14. The Balaban J connectivity index is 2.49. The number of hydrogen-bond donors (Lipinski definition) is 1. The quantitative estimate of drug-likeness (QED) is 0.736. The van der Waals surface area contributed by atoms with Crippen LogP contribution in [0.2, 0.25) is 0 Å². The van der Waals surface area contributed by atoms with Crippen LogP contribution in [0.3, 0.4) is 0 Å². The van der Waals surface area contributed by atoms with Crippen molar-refractivity contribution in [3.05, 3.63) is 29.8 Å². The highest BCUT2D eigenvalue weighted by Gasteiger charge is 2.10. The zero-order valence-corrected chi connectivity index (χ0v) is 10.9. The maximum atomic E-state index is 11.7. The van der Waals surface area contributed by atoms with E-state index in [1.165, 1.54) is 14.2 Å². The second-order valence-electron chi connectivity index (χ2n) is 3.69. The predicted octanol–water partition coefficient (Wildman–Crippen LogP) is 0.973. The molecule has 0 fully saturated rings. The highest BCUT2D eigenvalue weighted by molar-refractivity contribution is 5.79. The maximum absolute atomic E-state index is 11.7. The molecule has 1 N–H and O–H groups in total. The van der Waals surface area contributed by atoms with Crippen molar-refractivity contribution in [3.63, 3.8) is 0 Å². The van der Waals surface area contributed by atoms with E-state index in [0.717, 1.165) is 5.56 Å². The van der Waals surface area contributed by atoms with Gasteiger partial charge in [0.15, 0.2) is 6.29 Å². The van der Waals surface area contributed by atoms with Gasteiger partial charge in [-0.15, -0.1) is 0 Å². The molecule has 1 rings (SSSR count). The maximum Gasteiger partial charge on any atom is 0.224 e. The lowest BCUT2D eigenvalue weighted by Crippen LogP contribution is -2.35. The highest BCUT2D eigenvalue weighted by Crippen LogP contribution is 2.17. The van der Waals surface area contributed by atoms with E-state index in [1.54, 1.807) is 7.11 Å². The number of nitrogens with one attached hydrogen (secondary N) is 1. The summed E-state index contributed by atoms with van der Waals surface area (Å²) < 4.78 is 15.2. The van der Waals surface area contributed by atoms with Gasteiger partial charge in [-0.1, -0.05) is 18.2 Å². The normalized spacial score (nSPS) is 10.4. The van der Waals surface area contributed by atoms with Crippen LogP contribution in [0.4, 0.5) is 0 Å². The van der Waals surface area contributed by atoms with Gasteiger partial charge in [0.1, 0.15) is 5.75 Å². The van der Waals surface area contributed by atoms with E-state index in [4.69, 9.17) is 14.2 Å². The molecule has 100 valence electrons. The van der Waals surface area contributed by atoms with Gasteiger partial charge in [-0.3, -0.25) is 4.79 Å². The smallest absolute Gasteiger partial charge is 0.224 e. The summed E-state index contributed by atoms with van der Waals surface area (Å²) in [4.78, 5) is 11.7. The highest BCUT2D eigenvalue weighted by atomic mass is 16.7. The lowest BCUT2D eigenvalue weighted by atomic mass is 10.1. The number of ether oxygens (including phenoxy) is 3. The van der Waals surface area contributed by atoms with E-state index >= 15 is 0 Å². The van der Waals surface area contributed by atoms with Crippen LogP contribution >= 0.6 is 0 Å². The first kappa shape index (κ1) is 14.5. The summed E-state index contributed by atoms with van der Waals surface area (Å²) in [6.07, 6.45) is -0.156. The van der Waals surface area contributed by atoms with Gasteiger partial charge < -0.3 is 19.5 Å². The average Bonchev–Trinajstić information content (AvgIpc) is 2.40. The summed E-state index contributed by atoms with van der Waals surface area (Å²) in [5, 5.41) is 2.74. The number of methoxy groups -OCH3 is 3. The van der Waals surface area contributed by atoms with Gasteiger partial charge in [0.2, 0.25) is 5.91 Å². The molecule has 0 spiro atoms. The molecule has 1 aromatic carbocycles. The number of para-hydroxylation sites is 1. The Labute approximate surface area is 107 Å². The van der Waals surface area contributed by atoms with E-state index in [9.17, 15) is 4.79 Å². The summed E-state index contributed by atoms with van der Waals surface area (Å²) in [6.45, 7) is 0.320. The first-order valence-electron chi connectivity index (χ1n) is 5.65. The summed E-state index contributed by atoms with van der Waals surface area (Å²) in [6, 6.07) is 7.43. The number of carbonyl (C=O) groups is 1. The largest absolute Gasteiger partial charge is 0.496 e. The van der Waals surface area contributed by atoms with Crippen molar-refractivity contribution < 1.29 is 19.0 Å². The molecule has 0 aliphatic rings. The SMILES string of the molecule is COc1ccccc1CC(=O)NCC(OC)OC. The Morgan fingerprint density at radius 1 is 1.22 bits per heavy atom. The van der Waals surface area contributed by atoms with Crippen molar-refractivity contribution in [2.24, 2.45) is 0 Å². The monoisotopic (exact) mass is 253 g/mol. The molecule has 0 saturated heterocycles. The molecule has 0 radical (unpaired) electrons. The fraction of sp³-hybridized carbons (Fsp3) is 0.462. The van der Waals surface area contributed by atoms with Gasteiger partial charge in [0, 0.05) is 19.8 Å². The molecule has 0 atom stereocenters. The summed E-state index contributed by atoms with van der Waals surface area (Å²) >= 11 is 0. The third kappa shape index (κ3) is 4.35. The first-order chi connectivity index (χ1) is 8.71. The Hall–Kier alpha value is -1.59. The van der Waals surface area contributed by atoms with Crippen molar-refractivity contribution in [3.8, 4) is 5.75 Å². The van der Waals surface area contributed by atoms with Gasteiger partial charge in [0.25, 0.3) is 0 Å². The molecule has 5 heteroatoms. The molecule has 0 aliphatic carbocycles. The Kier molecular flexibility index (Phi) is 6.18. The van der Waals surface area contributed by atoms with Gasteiger partial charge in [-0.05, 0) is 6.07 Å². The molecule has 0 bridgehead atoms. The number of hydrogen-bond acceptors (Lipinski definition) is 4. The molecule has 1 aromatic rings. The van der Waals surface area contributed by atoms with Crippen LogP contribution in [-0.4, -0.2) is 40.1 Å². The third-order valence-electron chi connectivity index (χ3n) is 2.54. The van der Waals surface area contributed by atoms with E-state index in [2.05, 4.69) is 5.32 Å². The number of amides is 1. The third-order valence-corrected chi connectivity index (χ3v) is 2.54. The van der Waals surface area contributed by atoms with Gasteiger partial charge in [0.05, 0.1) is 20.1 Å². The minimum Gasteiger partial charge on any atom is -0.496 e. The molecule has 0 aliphatic heterocycles. The van der Waals surface area contributed by atoms with Crippen molar-refractivity contribution in [1.29, 1.82) is 0 Å². The van der Waals surface area contributed by atoms with E-state index in [1.807, 2.05) is 24.3 Å². The average molecular weight is 253 g/mol. The second-order valence-corrected chi connectivity index (χ2v) is 3.69. The van der Waals surface area contributed by atoms with Crippen LogP contribution in [0.1, 0.15) is 5.56 Å². The molecule has 18 heavy (non-hydrogen) atoms. The van der Waals surface area contributed by atoms with Crippen LogP contribution in [0.25, 0.3) is 0 Å². The van der Waals surface area contributed by atoms with Gasteiger partial charge >= 0.3 is 0 Å². The molecular formula is C13H19NO4. The Morgan fingerprint density at radius 2 is 1.89 bits per heavy atom. The van der Waals surface area contributed by atoms with Crippen LogP contribution in [0.15, 0.2) is 24.3 Å². The zero-order valence-electron chi connectivity index (χ0n) is 10.9. The summed E-state index contributed by atoms with van der Waals surface area (Å²) in [7, 11) is 4.64.